The lowest BCUT2D eigenvalue weighted by Crippen LogP contribution is -1.91. The van der Waals surface area contributed by atoms with Gasteiger partial charge in [0.1, 0.15) is 0 Å². The molecule has 0 aromatic carbocycles. The predicted octanol–water partition coefficient (Wildman–Crippen LogP) is 1.98. The molecule has 1 aliphatic carbocycles. The van der Waals surface area contributed by atoms with E-state index in [2.05, 4.69) is 9.97 Å². The molecule has 0 spiro atoms. The van der Waals surface area contributed by atoms with Crippen molar-refractivity contribution in [1.82, 2.24) is 9.97 Å². The van der Waals surface area contributed by atoms with E-state index in [0.29, 0.717) is 12.6 Å². The van der Waals surface area contributed by atoms with Gasteiger partial charge in [0.05, 0.1) is 18.0 Å². The second-order valence-corrected chi connectivity index (χ2v) is 2.62. The molecule has 2 aliphatic rings. The van der Waals surface area contributed by atoms with Crippen molar-refractivity contribution in [2.24, 2.45) is 0 Å². The van der Waals surface area contributed by atoms with Gasteiger partial charge in [-0.1, -0.05) is 18.2 Å². The fraction of sp³-hybridized carbons (Fsp3) is 0.200. The molecule has 3 heteroatoms. The van der Waals surface area contributed by atoms with Crippen LogP contribution in [0.5, 0.6) is 6.01 Å². The van der Waals surface area contributed by atoms with Crippen LogP contribution in [-0.2, 0) is 0 Å². The topological polar surface area (TPSA) is 35.0 Å². The first-order valence-corrected chi connectivity index (χ1v) is 4.26. The van der Waals surface area contributed by atoms with E-state index >= 15 is 0 Å². The van der Waals surface area contributed by atoms with Gasteiger partial charge in [0.15, 0.2) is 0 Å². The van der Waals surface area contributed by atoms with Gasteiger partial charge in [0.25, 0.3) is 0 Å². The Balaban J connectivity index is 2.45. The summed E-state index contributed by atoms with van der Waals surface area (Å²) in [4.78, 5) is 8.42. The van der Waals surface area contributed by atoms with Crippen LogP contribution in [0.2, 0.25) is 0 Å². The minimum Gasteiger partial charge on any atom is -0.464 e. The van der Waals surface area contributed by atoms with Crippen LogP contribution in [0.1, 0.15) is 6.92 Å². The van der Waals surface area contributed by atoms with Crippen molar-refractivity contribution in [1.29, 1.82) is 0 Å². The van der Waals surface area contributed by atoms with Crippen molar-refractivity contribution >= 4 is 0 Å². The number of imidazole rings is 1. The molecular weight excluding hydrogens is 164 g/mol. The van der Waals surface area contributed by atoms with E-state index in [9.17, 15) is 0 Å². The molecule has 0 bridgehead atoms. The second kappa shape index (κ2) is 3.39. The molecule has 0 unspecified atom stereocenters. The standard InChI is InChI=1S/C10H10N2O/c1-2-13-10-11-8-6-4-3-5-7-9(8)12-10/h3-7H,2H2,1H3. The predicted molar refractivity (Wildman–Crippen MR) is 49.8 cm³/mol. The van der Waals surface area contributed by atoms with E-state index in [1.54, 1.807) is 0 Å². The number of hydrogen-bond acceptors (Lipinski definition) is 3. The van der Waals surface area contributed by atoms with Gasteiger partial charge in [-0.25, -0.2) is 0 Å². The van der Waals surface area contributed by atoms with Crippen LogP contribution in [0.4, 0.5) is 0 Å². The molecular formula is C10H10N2O. The largest absolute Gasteiger partial charge is 0.464 e. The zero-order valence-electron chi connectivity index (χ0n) is 7.40. The first-order chi connectivity index (χ1) is 6.40. The maximum absolute atomic E-state index is 5.20. The summed E-state index contributed by atoms with van der Waals surface area (Å²) in [6.45, 7) is 2.52. The lowest BCUT2D eigenvalue weighted by atomic mass is 10.3. The Hall–Kier alpha value is -1.64. The average Bonchev–Trinajstić information content (AvgIpc) is 2.37. The summed E-state index contributed by atoms with van der Waals surface area (Å²) in [6.07, 6.45) is 0. The van der Waals surface area contributed by atoms with Crippen LogP contribution < -0.4 is 4.74 Å². The number of nitrogens with zero attached hydrogens (tertiary/aromatic N) is 2. The van der Waals surface area contributed by atoms with Crippen LogP contribution in [0.15, 0.2) is 30.3 Å². The Morgan fingerprint density at radius 2 is 1.69 bits per heavy atom. The van der Waals surface area contributed by atoms with Gasteiger partial charge in [-0.3, -0.25) is 0 Å². The van der Waals surface area contributed by atoms with E-state index < -0.39 is 0 Å². The third-order valence-corrected chi connectivity index (χ3v) is 1.70. The molecule has 0 amide bonds. The molecule has 13 heavy (non-hydrogen) atoms. The van der Waals surface area contributed by atoms with E-state index in [1.165, 1.54) is 0 Å². The van der Waals surface area contributed by atoms with E-state index in [1.807, 2.05) is 37.3 Å². The zero-order valence-corrected chi connectivity index (χ0v) is 7.40. The lowest BCUT2D eigenvalue weighted by molar-refractivity contribution is 0.316. The van der Waals surface area contributed by atoms with Gasteiger partial charge >= 0.3 is 6.01 Å². The maximum atomic E-state index is 5.20. The highest BCUT2D eigenvalue weighted by Gasteiger charge is 2.08. The number of aromatic nitrogens is 2. The van der Waals surface area contributed by atoms with Crippen molar-refractivity contribution < 1.29 is 4.74 Å². The quantitative estimate of drug-likeness (QED) is 0.698. The minimum atomic E-state index is 0.462. The molecule has 0 N–H and O–H groups in total. The van der Waals surface area contributed by atoms with Gasteiger partial charge in [-0.2, -0.15) is 9.97 Å². The van der Waals surface area contributed by atoms with Crippen LogP contribution in [-0.4, -0.2) is 16.6 Å². The summed E-state index contributed by atoms with van der Waals surface area (Å²) in [5, 5.41) is 0. The lowest BCUT2D eigenvalue weighted by Gasteiger charge is -1.91. The highest BCUT2D eigenvalue weighted by molar-refractivity contribution is 5.56. The molecule has 0 aromatic heterocycles. The summed E-state index contributed by atoms with van der Waals surface area (Å²) < 4.78 is 5.20. The third-order valence-electron chi connectivity index (χ3n) is 1.70. The molecule has 0 fully saturated rings. The normalized spacial score (nSPS) is 10.2. The van der Waals surface area contributed by atoms with E-state index in [-0.39, 0.29) is 0 Å². The van der Waals surface area contributed by atoms with Gasteiger partial charge < -0.3 is 4.74 Å². The zero-order chi connectivity index (χ0) is 9.10. The number of ether oxygens (including phenoxy) is 1. The highest BCUT2D eigenvalue weighted by atomic mass is 16.5. The Bertz CT molecular complexity index is 345. The molecule has 1 aliphatic heterocycles. The fourth-order valence-electron chi connectivity index (χ4n) is 1.14. The van der Waals surface area contributed by atoms with Gasteiger partial charge in [0.2, 0.25) is 0 Å². The van der Waals surface area contributed by atoms with Crippen LogP contribution in [0, 0.1) is 0 Å². The van der Waals surface area contributed by atoms with Crippen LogP contribution in [0.3, 0.4) is 0 Å². The summed E-state index contributed by atoms with van der Waals surface area (Å²) >= 11 is 0. The van der Waals surface area contributed by atoms with Crippen LogP contribution >= 0.6 is 0 Å². The van der Waals surface area contributed by atoms with E-state index in [0.717, 1.165) is 11.4 Å². The number of rotatable bonds is 2. The Kier molecular flexibility index (Phi) is 2.08. The summed E-state index contributed by atoms with van der Waals surface area (Å²) in [7, 11) is 0. The van der Waals surface area contributed by atoms with Crippen molar-refractivity contribution in [3.63, 3.8) is 0 Å². The van der Waals surface area contributed by atoms with Crippen molar-refractivity contribution in [3.8, 4) is 17.4 Å². The second-order valence-electron chi connectivity index (χ2n) is 2.62. The SMILES string of the molecule is CCOc1nc2cccccc-2n1. The first kappa shape index (κ1) is 7.98. The van der Waals surface area contributed by atoms with Crippen molar-refractivity contribution in [2.45, 2.75) is 6.92 Å². The van der Waals surface area contributed by atoms with E-state index in [4.69, 9.17) is 4.74 Å². The maximum Gasteiger partial charge on any atom is 0.317 e. The molecule has 3 nitrogen and oxygen atoms in total. The third kappa shape index (κ3) is 1.59. The summed E-state index contributed by atoms with van der Waals surface area (Å²) in [6, 6.07) is 10.1. The van der Waals surface area contributed by atoms with Gasteiger partial charge in [-0.15, -0.1) is 0 Å². The molecule has 2 rings (SSSR count). The Morgan fingerprint density at radius 1 is 1.08 bits per heavy atom. The number of hydrogen-bond donors (Lipinski definition) is 0. The average molecular weight is 174 g/mol. The fourth-order valence-corrected chi connectivity index (χ4v) is 1.14. The summed E-state index contributed by atoms with van der Waals surface area (Å²) in [5.41, 5.74) is 1.74. The Labute approximate surface area is 76.8 Å². The van der Waals surface area contributed by atoms with Gasteiger partial charge in [0, 0.05) is 0 Å². The molecule has 0 atom stereocenters. The Morgan fingerprint density at radius 3 is 2.23 bits per heavy atom. The molecule has 0 saturated carbocycles. The van der Waals surface area contributed by atoms with Crippen molar-refractivity contribution in [2.75, 3.05) is 6.61 Å². The van der Waals surface area contributed by atoms with Crippen LogP contribution in [0.25, 0.3) is 11.4 Å². The molecule has 0 aromatic rings. The summed E-state index contributed by atoms with van der Waals surface area (Å²) in [5.74, 6) is 0. The van der Waals surface area contributed by atoms with Gasteiger partial charge in [-0.05, 0) is 19.1 Å². The highest BCUT2D eigenvalue weighted by Crippen LogP contribution is 2.20. The molecule has 1 heterocycles. The van der Waals surface area contributed by atoms with Crippen molar-refractivity contribution in [3.05, 3.63) is 30.3 Å². The molecule has 0 saturated heterocycles. The number of fused-ring (bicyclic) bond motifs is 1. The smallest absolute Gasteiger partial charge is 0.317 e. The minimum absolute atomic E-state index is 0.462. The first-order valence-electron chi connectivity index (χ1n) is 4.26. The molecule has 0 radical (unpaired) electrons. The monoisotopic (exact) mass is 174 g/mol. The molecule has 66 valence electrons.